The number of benzene rings is 2. The number of carbonyl (C=O) groups is 4. The summed E-state index contributed by atoms with van der Waals surface area (Å²) in [7, 11) is -0.245. The van der Waals surface area contributed by atoms with Gasteiger partial charge in [-0.15, -0.1) is 0 Å². The lowest BCUT2D eigenvalue weighted by Crippen LogP contribution is -2.55. The van der Waals surface area contributed by atoms with E-state index in [0.29, 0.717) is 77.5 Å². The van der Waals surface area contributed by atoms with E-state index in [9.17, 15) is 19.2 Å². The van der Waals surface area contributed by atoms with Gasteiger partial charge in [-0.25, -0.2) is 0 Å². The molecule has 2 aliphatic rings. The smallest absolute Gasteiger partial charge is 0.393 e. The van der Waals surface area contributed by atoms with Gasteiger partial charge in [-0.3, -0.25) is 19.2 Å². The normalized spacial score (nSPS) is 17.7. The van der Waals surface area contributed by atoms with E-state index in [1.807, 2.05) is 60.7 Å². The summed E-state index contributed by atoms with van der Waals surface area (Å²) < 4.78 is 12.1. The fraction of sp³-hybridized carbons (Fsp3) is 0.579. The van der Waals surface area contributed by atoms with Gasteiger partial charge < -0.3 is 42.0 Å². The van der Waals surface area contributed by atoms with Crippen LogP contribution in [0.5, 0.6) is 0 Å². The van der Waals surface area contributed by atoms with Crippen LogP contribution in [0.15, 0.2) is 60.7 Å². The Bertz CT molecular complexity index is 1270. The van der Waals surface area contributed by atoms with Gasteiger partial charge in [0.05, 0.1) is 0 Å². The Morgan fingerprint density at radius 2 is 0.961 bits per heavy atom. The van der Waals surface area contributed by atoms with Crippen molar-refractivity contribution in [3.05, 3.63) is 71.8 Å². The van der Waals surface area contributed by atoms with Crippen molar-refractivity contribution >= 4 is 31.3 Å². The number of rotatable bonds is 20. The minimum atomic E-state index is -1.20. The zero-order chi connectivity index (χ0) is 36.4. The first kappa shape index (κ1) is 40.0. The fourth-order valence-corrected chi connectivity index (χ4v) is 7.09. The molecule has 2 aliphatic carbocycles. The lowest BCUT2D eigenvalue weighted by Gasteiger charge is -2.36. The molecule has 4 rings (SSSR count). The number of nitrogens with two attached hydrogens (primary N) is 2. The van der Waals surface area contributed by atoms with Crippen molar-refractivity contribution in [2.24, 2.45) is 22.3 Å². The summed E-state index contributed by atoms with van der Waals surface area (Å²) >= 11 is 0. The average molecular weight is 705 g/mol. The van der Waals surface area contributed by atoms with Crippen molar-refractivity contribution in [3.8, 4) is 0 Å². The maximum atomic E-state index is 13.9. The second kappa shape index (κ2) is 20.9. The first-order valence-electron chi connectivity index (χ1n) is 18.7. The van der Waals surface area contributed by atoms with Crippen molar-refractivity contribution in [1.29, 1.82) is 0 Å². The summed E-state index contributed by atoms with van der Waals surface area (Å²) in [6, 6.07) is 19.2. The third-order valence-corrected chi connectivity index (χ3v) is 10.2. The Labute approximate surface area is 303 Å². The second-order valence-corrected chi connectivity index (χ2v) is 13.9. The summed E-state index contributed by atoms with van der Waals surface area (Å²) in [6.07, 6.45) is 7.30. The molecule has 0 saturated heterocycles. The summed E-state index contributed by atoms with van der Waals surface area (Å²) in [6.45, 7) is 1.45. The molecule has 278 valence electrons. The number of amides is 4. The van der Waals surface area contributed by atoms with Crippen LogP contribution >= 0.6 is 0 Å². The Balaban J connectivity index is 1.38. The molecule has 2 aromatic carbocycles. The van der Waals surface area contributed by atoms with Crippen molar-refractivity contribution < 1.29 is 28.5 Å². The summed E-state index contributed by atoms with van der Waals surface area (Å²) in [5, 5.41) is 11.9. The van der Waals surface area contributed by atoms with Crippen molar-refractivity contribution in [1.82, 2.24) is 21.3 Å². The van der Waals surface area contributed by atoms with Crippen molar-refractivity contribution in [3.63, 3.8) is 0 Å². The fourth-order valence-electron chi connectivity index (χ4n) is 7.09. The maximum absolute atomic E-state index is 13.9. The highest BCUT2D eigenvalue weighted by Gasteiger charge is 2.48. The highest BCUT2D eigenvalue weighted by atomic mass is 16.6. The van der Waals surface area contributed by atoms with Crippen LogP contribution in [0.1, 0.15) is 101 Å². The molecule has 0 heterocycles. The van der Waals surface area contributed by atoms with Gasteiger partial charge in [-0.05, 0) is 75.6 Å². The van der Waals surface area contributed by atoms with E-state index >= 15 is 0 Å². The van der Waals surface area contributed by atoms with Crippen molar-refractivity contribution in [2.45, 2.75) is 115 Å². The van der Waals surface area contributed by atoms with E-state index in [0.717, 1.165) is 49.7 Å². The minimum absolute atomic E-state index is 0.245. The van der Waals surface area contributed by atoms with Crippen molar-refractivity contribution in [2.75, 3.05) is 13.1 Å². The van der Waals surface area contributed by atoms with Gasteiger partial charge in [0.15, 0.2) is 0 Å². The summed E-state index contributed by atoms with van der Waals surface area (Å²) in [4.78, 5) is 55.1. The molecular weight excluding hydrogens is 647 g/mol. The molecule has 2 atom stereocenters. The number of carbonyl (C=O) groups excluding carboxylic acids is 4. The quantitative estimate of drug-likeness (QED) is 0.0689. The molecule has 0 radical (unpaired) electrons. The largest absolute Gasteiger partial charge is 0.441 e. The molecule has 51 heavy (non-hydrogen) atoms. The molecule has 12 nitrogen and oxygen atoms in total. The molecule has 2 fully saturated rings. The van der Waals surface area contributed by atoms with Crippen LogP contribution in [0.3, 0.4) is 0 Å². The second-order valence-electron chi connectivity index (χ2n) is 13.9. The first-order chi connectivity index (χ1) is 24.8. The van der Waals surface area contributed by atoms with Crippen LogP contribution in [0, 0.1) is 10.8 Å². The standard InChI is InChI=1S/C38H57BN6O6/c40-25-13-19-31(44-35(48)37(21-9-3-10-22-37)33(46)42-27-29-15-5-1-6-16-29)50-39-51-32(20-14-26-41)45-36(49)38(23-11-4-12-24-38)34(47)43-28-30-17-7-2-8-18-30/h1-2,5-8,15-18,31-32,39H,3-4,9-14,19-28,40-41H2,(H,42,46)(H,43,47)(H,44,48)(H,45,49). The van der Waals surface area contributed by atoms with Crippen LogP contribution in [0.4, 0.5) is 0 Å². The SMILES string of the molecule is NCCCC(NC(=O)C1(C(=O)NCc2ccccc2)CCCCC1)OBOC(CCCN)NC(=O)C1(C(=O)NCc2ccccc2)CCCCC1. The van der Waals surface area contributed by atoms with Gasteiger partial charge in [0.1, 0.15) is 23.3 Å². The molecular formula is C38H57BN6O6. The molecule has 13 heteroatoms. The first-order valence-corrected chi connectivity index (χ1v) is 18.7. The van der Waals surface area contributed by atoms with E-state index in [-0.39, 0.29) is 31.3 Å². The molecule has 4 amide bonds. The van der Waals surface area contributed by atoms with Gasteiger partial charge in [0, 0.05) is 13.1 Å². The summed E-state index contributed by atoms with van der Waals surface area (Å²) in [5.74, 6) is -1.31. The Kier molecular flexibility index (Phi) is 16.4. The minimum Gasteiger partial charge on any atom is -0.393 e. The van der Waals surface area contributed by atoms with Gasteiger partial charge in [0.2, 0.25) is 23.6 Å². The molecule has 0 spiro atoms. The lowest BCUT2D eigenvalue weighted by atomic mass is 9.72. The predicted molar refractivity (Wildman–Crippen MR) is 197 cm³/mol. The monoisotopic (exact) mass is 704 g/mol. The van der Waals surface area contributed by atoms with E-state index in [2.05, 4.69) is 21.3 Å². The predicted octanol–water partition coefficient (Wildman–Crippen LogP) is 3.18. The molecule has 0 aliphatic heterocycles. The van der Waals surface area contributed by atoms with E-state index in [1.165, 1.54) is 0 Å². The third-order valence-electron chi connectivity index (χ3n) is 10.2. The zero-order valence-electron chi connectivity index (χ0n) is 30.0. The zero-order valence-corrected chi connectivity index (χ0v) is 30.0. The molecule has 2 aromatic rings. The van der Waals surface area contributed by atoms with Gasteiger partial charge in [-0.1, -0.05) is 99.2 Å². The molecule has 2 saturated carbocycles. The number of hydrogen-bond donors (Lipinski definition) is 6. The summed E-state index contributed by atoms with van der Waals surface area (Å²) in [5.41, 5.74) is 11.1. The third kappa shape index (κ3) is 11.6. The van der Waals surface area contributed by atoms with Crippen LogP contribution in [0.2, 0.25) is 0 Å². The number of nitrogens with one attached hydrogen (secondary N) is 4. The Morgan fingerprint density at radius 1 is 0.588 bits per heavy atom. The van der Waals surface area contributed by atoms with Crippen LogP contribution in [-0.4, -0.2) is 56.9 Å². The molecule has 0 bridgehead atoms. The lowest BCUT2D eigenvalue weighted by molar-refractivity contribution is -0.148. The van der Waals surface area contributed by atoms with E-state index < -0.39 is 23.3 Å². The van der Waals surface area contributed by atoms with E-state index in [1.54, 1.807) is 0 Å². The Morgan fingerprint density at radius 3 is 1.31 bits per heavy atom. The van der Waals surface area contributed by atoms with E-state index in [4.69, 9.17) is 20.8 Å². The topological polar surface area (TPSA) is 187 Å². The molecule has 2 unspecified atom stereocenters. The molecule has 8 N–H and O–H groups in total. The Hall–Kier alpha value is -3.78. The molecule has 0 aromatic heterocycles. The van der Waals surface area contributed by atoms with Gasteiger partial charge in [-0.2, -0.15) is 0 Å². The van der Waals surface area contributed by atoms with Crippen LogP contribution in [0.25, 0.3) is 0 Å². The number of hydrogen-bond acceptors (Lipinski definition) is 8. The van der Waals surface area contributed by atoms with Crippen LogP contribution in [-0.2, 0) is 41.6 Å². The van der Waals surface area contributed by atoms with Crippen LogP contribution < -0.4 is 32.7 Å². The highest BCUT2D eigenvalue weighted by Crippen LogP contribution is 2.38. The average Bonchev–Trinajstić information content (AvgIpc) is 3.18. The van der Waals surface area contributed by atoms with Gasteiger partial charge in [0.25, 0.3) is 0 Å². The highest BCUT2D eigenvalue weighted by molar-refractivity contribution is 6.18. The van der Waals surface area contributed by atoms with Gasteiger partial charge >= 0.3 is 7.69 Å². The maximum Gasteiger partial charge on any atom is 0.441 e.